The smallest absolute Gasteiger partial charge is 0.224 e. The molecule has 1 heterocycles. The summed E-state index contributed by atoms with van der Waals surface area (Å²) in [6, 6.07) is 15.7. The topological polar surface area (TPSA) is 63.2 Å². The lowest BCUT2D eigenvalue weighted by Gasteiger charge is -2.08. The maximum absolute atomic E-state index is 11.7. The molecule has 5 nitrogen and oxygen atoms in total. The van der Waals surface area contributed by atoms with Crippen molar-refractivity contribution in [1.82, 2.24) is 4.98 Å². The van der Waals surface area contributed by atoms with E-state index in [9.17, 15) is 4.79 Å². The van der Waals surface area contributed by atoms with Crippen LogP contribution in [0.1, 0.15) is 25.3 Å². The predicted molar refractivity (Wildman–Crippen MR) is 111 cm³/mol. The molecule has 1 aromatic heterocycles. The van der Waals surface area contributed by atoms with Gasteiger partial charge in [0.05, 0.1) is 12.8 Å². The van der Waals surface area contributed by atoms with Crippen LogP contribution in [0.25, 0.3) is 11.3 Å². The Hall–Kier alpha value is -2.86. The van der Waals surface area contributed by atoms with Crippen LogP contribution < -0.4 is 15.4 Å². The summed E-state index contributed by atoms with van der Waals surface area (Å²) in [4.78, 5) is 16.3. The molecular weight excluding hydrogens is 358 g/mol. The third-order valence-corrected chi connectivity index (χ3v) is 4.87. The quantitative estimate of drug-likeness (QED) is 0.565. The summed E-state index contributed by atoms with van der Waals surface area (Å²) < 4.78 is 5.38. The molecule has 0 unspecified atom stereocenters. The van der Waals surface area contributed by atoms with Gasteiger partial charge >= 0.3 is 0 Å². The van der Waals surface area contributed by atoms with Crippen LogP contribution in [0.5, 0.6) is 5.75 Å². The van der Waals surface area contributed by atoms with Crippen LogP contribution in [0.4, 0.5) is 10.8 Å². The molecule has 0 radical (unpaired) electrons. The lowest BCUT2D eigenvalue weighted by atomic mass is 10.1. The first-order valence-corrected chi connectivity index (χ1v) is 9.79. The molecule has 3 aromatic rings. The van der Waals surface area contributed by atoms with Gasteiger partial charge in [-0.15, -0.1) is 11.3 Å². The molecule has 0 saturated carbocycles. The number of hydrogen-bond acceptors (Lipinski definition) is 5. The Morgan fingerprint density at radius 2 is 1.93 bits per heavy atom. The van der Waals surface area contributed by atoms with Gasteiger partial charge in [0.25, 0.3) is 0 Å². The second-order valence-electron chi connectivity index (χ2n) is 6.08. The zero-order valence-corrected chi connectivity index (χ0v) is 16.3. The number of methoxy groups -OCH3 is 1. The van der Waals surface area contributed by atoms with Gasteiger partial charge in [0.15, 0.2) is 5.13 Å². The van der Waals surface area contributed by atoms with Crippen molar-refractivity contribution in [1.29, 1.82) is 0 Å². The maximum atomic E-state index is 11.7. The molecule has 0 saturated heterocycles. The monoisotopic (exact) mass is 381 g/mol. The summed E-state index contributed by atoms with van der Waals surface area (Å²) in [6.07, 6.45) is 1.38. The molecule has 1 amide bonds. The van der Waals surface area contributed by atoms with Gasteiger partial charge in [-0.05, 0) is 24.6 Å². The molecule has 0 bridgehead atoms. The lowest BCUT2D eigenvalue weighted by Crippen LogP contribution is -2.10. The highest BCUT2D eigenvalue weighted by molar-refractivity contribution is 7.14. The van der Waals surface area contributed by atoms with E-state index >= 15 is 0 Å². The number of hydrogen-bond donors (Lipinski definition) is 2. The summed E-state index contributed by atoms with van der Waals surface area (Å²) in [5.74, 6) is 0.907. The Labute approximate surface area is 163 Å². The van der Waals surface area contributed by atoms with Crippen LogP contribution >= 0.6 is 11.3 Å². The number of anilines is 2. The van der Waals surface area contributed by atoms with Crippen LogP contribution in [-0.4, -0.2) is 18.0 Å². The highest BCUT2D eigenvalue weighted by Crippen LogP contribution is 2.27. The van der Waals surface area contributed by atoms with E-state index in [1.165, 1.54) is 0 Å². The van der Waals surface area contributed by atoms with Crippen molar-refractivity contribution >= 4 is 28.1 Å². The van der Waals surface area contributed by atoms with Gasteiger partial charge in [-0.2, -0.15) is 0 Å². The molecule has 0 atom stereocenters. The van der Waals surface area contributed by atoms with Crippen LogP contribution in [-0.2, 0) is 11.3 Å². The molecule has 0 aliphatic carbocycles. The molecule has 3 rings (SSSR count). The number of rotatable bonds is 8. The Balaban J connectivity index is 1.62. The third kappa shape index (κ3) is 5.08. The van der Waals surface area contributed by atoms with Crippen molar-refractivity contribution in [2.24, 2.45) is 0 Å². The van der Waals surface area contributed by atoms with Crippen molar-refractivity contribution < 1.29 is 9.53 Å². The number of para-hydroxylation sites is 1. The fourth-order valence-electron chi connectivity index (χ4n) is 2.68. The second-order valence-corrected chi connectivity index (χ2v) is 6.94. The molecule has 2 aromatic carbocycles. The van der Waals surface area contributed by atoms with Crippen LogP contribution in [0, 0.1) is 0 Å². The Morgan fingerprint density at radius 1 is 1.15 bits per heavy atom. The zero-order chi connectivity index (χ0) is 19.1. The molecular formula is C21H23N3O2S. The maximum Gasteiger partial charge on any atom is 0.224 e. The Bertz CT molecular complexity index is 890. The first-order chi connectivity index (χ1) is 13.2. The molecule has 27 heavy (non-hydrogen) atoms. The third-order valence-electron chi connectivity index (χ3n) is 4.07. The van der Waals surface area contributed by atoms with Crippen LogP contribution in [0.3, 0.4) is 0 Å². The number of ether oxygens (including phenoxy) is 1. The average Bonchev–Trinajstić information content (AvgIpc) is 3.16. The van der Waals surface area contributed by atoms with Gasteiger partial charge in [0.2, 0.25) is 5.91 Å². The van der Waals surface area contributed by atoms with Gasteiger partial charge in [-0.1, -0.05) is 37.3 Å². The molecule has 2 N–H and O–H groups in total. The largest absolute Gasteiger partial charge is 0.496 e. The van der Waals surface area contributed by atoms with E-state index in [4.69, 9.17) is 4.74 Å². The fraction of sp³-hybridized carbons (Fsp3) is 0.238. The highest BCUT2D eigenvalue weighted by atomic mass is 32.1. The standard InChI is InChI=1S/C21H23N3O2S/c1-3-6-20(25)23-17-11-9-15(10-12-17)18-14-27-21(24-18)22-13-16-7-4-5-8-19(16)26-2/h4-5,7-12,14H,3,6,13H2,1-2H3,(H,22,24)(H,23,25). The number of thiazole rings is 1. The highest BCUT2D eigenvalue weighted by Gasteiger charge is 2.07. The van der Waals surface area contributed by atoms with E-state index in [-0.39, 0.29) is 5.91 Å². The van der Waals surface area contributed by atoms with Crippen LogP contribution in [0.2, 0.25) is 0 Å². The summed E-state index contributed by atoms with van der Waals surface area (Å²) in [5, 5.41) is 9.12. The SMILES string of the molecule is CCCC(=O)Nc1ccc(-c2csc(NCc3ccccc3OC)n2)cc1. The molecule has 0 aliphatic heterocycles. The Kier molecular flexibility index (Phi) is 6.44. The molecule has 0 spiro atoms. The molecule has 6 heteroatoms. The molecule has 140 valence electrons. The van der Waals surface area contributed by atoms with Crippen LogP contribution in [0.15, 0.2) is 53.9 Å². The molecule has 0 aliphatic rings. The van der Waals surface area contributed by atoms with E-state index in [0.717, 1.165) is 39.8 Å². The van der Waals surface area contributed by atoms with Gasteiger partial charge in [0, 0.05) is 35.2 Å². The Morgan fingerprint density at radius 3 is 2.67 bits per heavy atom. The average molecular weight is 382 g/mol. The predicted octanol–water partition coefficient (Wildman–Crippen LogP) is 5.17. The number of benzene rings is 2. The van der Waals surface area contributed by atoms with Gasteiger partial charge in [-0.25, -0.2) is 4.98 Å². The minimum absolute atomic E-state index is 0.0433. The number of nitrogens with zero attached hydrogens (tertiary/aromatic N) is 1. The van der Waals surface area contributed by atoms with Crippen molar-refractivity contribution in [2.45, 2.75) is 26.3 Å². The number of amides is 1. The summed E-state index contributed by atoms with van der Waals surface area (Å²) in [7, 11) is 1.68. The fourth-order valence-corrected chi connectivity index (χ4v) is 3.40. The number of carbonyl (C=O) groups excluding carboxylic acids is 1. The van der Waals surface area contributed by atoms with Crippen molar-refractivity contribution in [3.8, 4) is 17.0 Å². The van der Waals surface area contributed by atoms with E-state index < -0.39 is 0 Å². The number of aromatic nitrogens is 1. The second kappa shape index (κ2) is 9.19. The van der Waals surface area contributed by atoms with Gasteiger partial charge in [-0.3, -0.25) is 4.79 Å². The summed E-state index contributed by atoms with van der Waals surface area (Å²) >= 11 is 1.57. The van der Waals surface area contributed by atoms with Crippen molar-refractivity contribution in [3.05, 3.63) is 59.5 Å². The number of nitrogens with one attached hydrogen (secondary N) is 2. The molecule has 0 fully saturated rings. The van der Waals surface area contributed by atoms with Crippen molar-refractivity contribution in [3.63, 3.8) is 0 Å². The summed E-state index contributed by atoms with van der Waals surface area (Å²) in [5.41, 5.74) is 3.82. The zero-order valence-electron chi connectivity index (χ0n) is 15.5. The lowest BCUT2D eigenvalue weighted by molar-refractivity contribution is -0.116. The van der Waals surface area contributed by atoms with Gasteiger partial charge in [0.1, 0.15) is 5.75 Å². The van der Waals surface area contributed by atoms with Crippen molar-refractivity contribution in [2.75, 3.05) is 17.7 Å². The minimum Gasteiger partial charge on any atom is -0.496 e. The summed E-state index contributed by atoms with van der Waals surface area (Å²) in [6.45, 7) is 2.64. The van der Waals surface area contributed by atoms with E-state index in [1.54, 1.807) is 18.4 Å². The van der Waals surface area contributed by atoms with Gasteiger partial charge < -0.3 is 15.4 Å². The van der Waals surface area contributed by atoms with E-state index in [0.29, 0.717) is 13.0 Å². The van der Waals surface area contributed by atoms with E-state index in [1.807, 2.05) is 60.8 Å². The van der Waals surface area contributed by atoms with E-state index in [2.05, 4.69) is 15.6 Å². The minimum atomic E-state index is 0.0433. The number of carbonyl (C=O) groups is 1. The normalized spacial score (nSPS) is 10.4. The first-order valence-electron chi connectivity index (χ1n) is 8.91. The first kappa shape index (κ1) is 18.9.